The Labute approximate surface area is 197 Å². The summed E-state index contributed by atoms with van der Waals surface area (Å²) < 4.78 is 5.40. The first-order valence-corrected chi connectivity index (χ1v) is 11.2. The second-order valence-corrected chi connectivity index (χ2v) is 7.83. The minimum absolute atomic E-state index is 0.00423. The molecule has 8 nitrogen and oxygen atoms in total. The smallest absolute Gasteiger partial charge is 0.338 e. The van der Waals surface area contributed by atoms with E-state index in [2.05, 4.69) is 29.0 Å². The topological polar surface area (TPSA) is 97.6 Å². The van der Waals surface area contributed by atoms with Crippen LogP contribution in [0.4, 0.5) is 17.1 Å². The number of nitrogens with one attached hydrogen (secondary N) is 1. The van der Waals surface area contributed by atoms with Crippen molar-refractivity contribution in [2.45, 2.75) is 13.8 Å². The highest BCUT2D eigenvalue weighted by Crippen LogP contribution is 2.35. The SMILES string of the molecule is CCN(CC)CCOC(=O)c1ccc(Nc2c3ccccc3nc3ccc([N+](=O)[O-])cc23)cc1. The number of anilines is 2. The third-order valence-corrected chi connectivity index (χ3v) is 5.80. The second kappa shape index (κ2) is 10.3. The van der Waals surface area contributed by atoms with Crippen molar-refractivity contribution >= 4 is 44.8 Å². The lowest BCUT2D eigenvalue weighted by Crippen LogP contribution is -2.27. The summed E-state index contributed by atoms with van der Waals surface area (Å²) in [6.07, 6.45) is 0. The van der Waals surface area contributed by atoms with Gasteiger partial charge in [0.2, 0.25) is 0 Å². The van der Waals surface area contributed by atoms with E-state index in [9.17, 15) is 14.9 Å². The first kappa shape index (κ1) is 23.1. The lowest BCUT2D eigenvalue weighted by atomic mass is 10.1. The standard InChI is InChI=1S/C26H26N4O4/c1-3-29(4-2)15-16-34-26(31)18-9-11-19(12-10-18)27-25-21-7-5-6-8-23(21)28-24-14-13-20(30(32)33)17-22(24)25/h5-14,17H,3-4,15-16H2,1-2H3,(H,27,28). The number of hydrogen-bond donors (Lipinski definition) is 1. The van der Waals surface area contributed by atoms with E-state index in [0.717, 1.165) is 35.4 Å². The molecule has 0 fully saturated rings. The maximum atomic E-state index is 12.4. The van der Waals surface area contributed by atoms with Gasteiger partial charge in [0.1, 0.15) is 6.61 Å². The van der Waals surface area contributed by atoms with Gasteiger partial charge in [-0.3, -0.25) is 10.1 Å². The van der Waals surface area contributed by atoms with Crippen LogP contribution < -0.4 is 5.32 Å². The zero-order chi connectivity index (χ0) is 24.1. The van der Waals surface area contributed by atoms with E-state index in [1.807, 2.05) is 24.3 Å². The molecule has 0 spiro atoms. The van der Waals surface area contributed by atoms with Gasteiger partial charge in [0.25, 0.3) is 5.69 Å². The molecule has 0 radical (unpaired) electrons. The Morgan fingerprint density at radius 3 is 2.41 bits per heavy atom. The number of aromatic nitrogens is 1. The number of nitro groups is 1. The Balaban J connectivity index is 1.60. The highest BCUT2D eigenvalue weighted by atomic mass is 16.6. The molecule has 0 saturated heterocycles. The summed E-state index contributed by atoms with van der Waals surface area (Å²) in [6.45, 7) is 7.02. The molecule has 0 aliphatic rings. The molecular weight excluding hydrogens is 432 g/mol. The molecule has 8 heteroatoms. The zero-order valence-corrected chi connectivity index (χ0v) is 19.2. The van der Waals surface area contributed by atoms with Crippen LogP contribution in [0.5, 0.6) is 0 Å². The van der Waals surface area contributed by atoms with Crippen LogP contribution >= 0.6 is 0 Å². The van der Waals surface area contributed by atoms with Gasteiger partial charge in [-0.05, 0) is 49.5 Å². The lowest BCUT2D eigenvalue weighted by molar-refractivity contribution is -0.384. The van der Waals surface area contributed by atoms with Gasteiger partial charge >= 0.3 is 5.97 Å². The van der Waals surface area contributed by atoms with Crippen molar-refractivity contribution in [3.8, 4) is 0 Å². The van der Waals surface area contributed by atoms with Crippen LogP contribution in [0.1, 0.15) is 24.2 Å². The Hall–Kier alpha value is -4.04. The van der Waals surface area contributed by atoms with Crippen LogP contribution in [0.3, 0.4) is 0 Å². The average molecular weight is 459 g/mol. The summed E-state index contributed by atoms with van der Waals surface area (Å²) in [5, 5.41) is 16.2. The third kappa shape index (κ3) is 4.97. The summed E-state index contributed by atoms with van der Waals surface area (Å²) >= 11 is 0. The summed E-state index contributed by atoms with van der Waals surface area (Å²) in [4.78, 5) is 30.1. The maximum Gasteiger partial charge on any atom is 0.338 e. The highest BCUT2D eigenvalue weighted by molar-refractivity contribution is 6.09. The molecule has 1 aromatic heterocycles. The number of carbonyl (C=O) groups excluding carboxylic acids is 1. The molecule has 0 atom stereocenters. The van der Waals surface area contributed by atoms with Crippen LogP contribution in [-0.2, 0) is 4.74 Å². The minimum atomic E-state index is -0.418. The summed E-state index contributed by atoms with van der Waals surface area (Å²) in [7, 11) is 0. The van der Waals surface area contributed by atoms with Gasteiger partial charge in [0, 0.05) is 35.1 Å². The molecule has 0 saturated carbocycles. The van der Waals surface area contributed by atoms with Crippen LogP contribution in [0.15, 0.2) is 66.7 Å². The van der Waals surface area contributed by atoms with Gasteiger partial charge in [0.05, 0.1) is 27.2 Å². The molecule has 0 bridgehead atoms. The average Bonchev–Trinajstić information content (AvgIpc) is 2.86. The Morgan fingerprint density at radius 2 is 1.71 bits per heavy atom. The van der Waals surface area contributed by atoms with E-state index in [4.69, 9.17) is 4.74 Å². The zero-order valence-electron chi connectivity index (χ0n) is 19.2. The van der Waals surface area contributed by atoms with Crippen molar-refractivity contribution in [1.29, 1.82) is 0 Å². The van der Waals surface area contributed by atoms with Crippen LogP contribution in [0, 0.1) is 10.1 Å². The predicted octanol–water partition coefficient (Wildman–Crippen LogP) is 5.54. The molecule has 4 rings (SSSR count). The predicted molar refractivity (Wildman–Crippen MR) is 134 cm³/mol. The Bertz CT molecular complexity index is 1330. The lowest BCUT2D eigenvalue weighted by Gasteiger charge is -2.17. The fourth-order valence-electron chi connectivity index (χ4n) is 3.85. The number of rotatable bonds is 9. The molecule has 4 aromatic rings. The van der Waals surface area contributed by atoms with Crippen molar-refractivity contribution in [1.82, 2.24) is 9.88 Å². The quantitative estimate of drug-likeness (QED) is 0.152. The van der Waals surface area contributed by atoms with Crippen molar-refractivity contribution in [2.75, 3.05) is 31.6 Å². The number of hydrogen-bond acceptors (Lipinski definition) is 7. The van der Waals surface area contributed by atoms with Crippen molar-refractivity contribution in [3.05, 3.63) is 82.4 Å². The third-order valence-electron chi connectivity index (χ3n) is 5.80. The van der Waals surface area contributed by atoms with E-state index < -0.39 is 4.92 Å². The molecule has 1 N–H and O–H groups in total. The molecule has 0 amide bonds. The molecule has 0 aliphatic heterocycles. The van der Waals surface area contributed by atoms with Crippen LogP contribution in [-0.4, -0.2) is 47.0 Å². The largest absolute Gasteiger partial charge is 0.461 e. The van der Waals surface area contributed by atoms with E-state index in [1.165, 1.54) is 12.1 Å². The fourth-order valence-corrected chi connectivity index (χ4v) is 3.85. The number of pyridine rings is 1. The van der Waals surface area contributed by atoms with Gasteiger partial charge < -0.3 is 15.0 Å². The Kier molecular flexibility index (Phi) is 6.98. The van der Waals surface area contributed by atoms with Gasteiger partial charge in [-0.1, -0.05) is 32.0 Å². The highest BCUT2D eigenvalue weighted by Gasteiger charge is 2.14. The van der Waals surface area contributed by atoms with Crippen LogP contribution in [0.2, 0.25) is 0 Å². The molecule has 3 aromatic carbocycles. The summed E-state index contributed by atoms with van der Waals surface area (Å²) in [5.74, 6) is -0.367. The fraction of sp³-hybridized carbons (Fsp3) is 0.231. The van der Waals surface area contributed by atoms with Crippen LogP contribution in [0.25, 0.3) is 21.8 Å². The molecule has 34 heavy (non-hydrogen) atoms. The number of likely N-dealkylation sites (N-methyl/N-ethyl adjacent to an activating group) is 1. The summed E-state index contributed by atoms with van der Waals surface area (Å²) in [6, 6.07) is 19.2. The summed E-state index contributed by atoms with van der Waals surface area (Å²) in [5.41, 5.74) is 3.35. The molecule has 1 heterocycles. The maximum absolute atomic E-state index is 12.4. The van der Waals surface area contributed by atoms with E-state index >= 15 is 0 Å². The first-order valence-electron chi connectivity index (χ1n) is 11.2. The number of non-ortho nitro benzene ring substituents is 1. The number of carbonyl (C=O) groups is 1. The minimum Gasteiger partial charge on any atom is -0.461 e. The number of nitrogens with zero attached hydrogens (tertiary/aromatic N) is 3. The van der Waals surface area contributed by atoms with E-state index in [1.54, 1.807) is 30.3 Å². The van der Waals surface area contributed by atoms with Gasteiger partial charge in [-0.25, -0.2) is 9.78 Å². The molecule has 0 aliphatic carbocycles. The number of fused-ring (bicyclic) bond motifs is 2. The normalized spacial score (nSPS) is 11.1. The number of esters is 1. The number of ether oxygens (including phenoxy) is 1. The monoisotopic (exact) mass is 458 g/mol. The number of benzene rings is 3. The van der Waals surface area contributed by atoms with Crippen molar-refractivity contribution in [2.24, 2.45) is 0 Å². The van der Waals surface area contributed by atoms with Gasteiger partial charge in [-0.2, -0.15) is 0 Å². The molecule has 174 valence electrons. The van der Waals surface area contributed by atoms with Gasteiger partial charge in [0.15, 0.2) is 0 Å². The molecule has 0 unspecified atom stereocenters. The van der Waals surface area contributed by atoms with E-state index in [0.29, 0.717) is 29.6 Å². The Morgan fingerprint density at radius 1 is 1.00 bits per heavy atom. The molecular formula is C26H26N4O4. The number of para-hydroxylation sites is 1. The second-order valence-electron chi connectivity index (χ2n) is 7.83. The van der Waals surface area contributed by atoms with Crippen molar-refractivity contribution in [3.63, 3.8) is 0 Å². The van der Waals surface area contributed by atoms with E-state index in [-0.39, 0.29) is 11.7 Å². The first-order chi connectivity index (χ1) is 16.5. The number of nitro benzene ring substituents is 1. The van der Waals surface area contributed by atoms with Crippen molar-refractivity contribution < 1.29 is 14.5 Å². The van der Waals surface area contributed by atoms with Gasteiger partial charge in [-0.15, -0.1) is 0 Å².